The SMILES string of the molecule is CCc1nc(CNC2CCN(S(=O)(=O)C3CCOCC3)CC2)cs1. The van der Waals surface area contributed by atoms with E-state index in [0.29, 0.717) is 45.2 Å². The van der Waals surface area contributed by atoms with Crippen molar-refractivity contribution in [3.05, 3.63) is 16.1 Å². The van der Waals surface area contributed by atoms with Crippen molar-refractivity contribution in [2.24, 2.45) is 0 Å². The van der Waals surface area contributed by atoms with Crippen LogP contribution in [-0.4, -0.2) is 55.3 Å². The highest BCUT2D eigenvalue weighted by atomic mass is 32.2. The van der Waals surface area contributed by atoms with Crippen LogP contribution in [0.3, 0.4) is 0 Å². The van der Waals surface area contributed by atoms with Crippen molar-refractivity contribution in [3.8, 4) is 0 Å². The van der Waals surface area contributed by atoms with E-state index >= 15 is 0 Å². The summed E-state index contributed by atoms with van der Waals surface area (Å²) in [5, 5.41) is 6.56. The molecule has 0 bridgehead atoms. The van der Waals surface area contributed by atoms with Crippen molar-refractivity contribution < 1.29 is 13.2 Å². The zero-order valence-corrected chi connectivity index (χ0v) is 15.9. The molecule has 2 aliphatic heterocycles. The largest absolute Gasteiger partial charge is 0.381 e. The Morgan fingerprint density at radius 1 is 1.29 bits per heavy atom. The highest BCUT2D eigenvalue weighted by molar-refractivity contribution is 7.89. The van der Waals surface area contributed by atoms with Gasteiger partial charge >= 0.3 is 0 Å². The van der Waals surface area contributed by atoms with Gasteiger partial charge in [-0.15, -0.1) is 11.3 Å². The van der Waals surface area contributed by atoms with Gasteiger partial charge in [0.05, 0.1) is 16.0 Å². The number of nitrogens with zero attached hydrogens (tertiary/aromatic N) is 2. The lowest BCUT2D eigenvalue weighted by Gasteiger charge is -2.35. The van der Waals surface area contributed by atoms with Crippen molar-refractivity contribution in [2.75, 3.05) is 26.3 Å². The van der Waals surface area contributed by atoms with E-state index in [1.165, 1.54) is 5.01 Å². The number of aromatic nitrogens is 1. The van der Waals surface area contributed by atoms with Gasteiger partial charge in [0.1, 0.15) is 0 Å². The van der Waals surface area contributed by atoms with Gasteiger partial charge in [-0.2, -0.15) is 0 Å². The quantitative estimate of drug-likeness (QED) is 0.823. The second-order valence-electron chi connectivity index (χ2n) is 6.50. The molecule has 0 atom stereocenters. The summed E-state index contributed by atoms with van der Waals surface area (Å²) in [5.74, 6) is 0. The number of piperidine rings is 1. The first kappa shape index (κ1) is 18.3. The molecule has 24 heavy (non-hydrogen) atoms. The van der Waals surface area contributed by atoms with E-state index in [-0.39, 0.29) is 5.25 Å². The average molecular weight is 374 g/mol. The summed E-state index contributed by atoms with van der Waals surface area (Å²) in [6.45, 7) is 5.26. The number of aryl methyl sites for hydroxylation is 1. The Kier molecular flexibility index (Phi) is 6.26. The van der Waals surface area contributed by atoms with Gasteiger partial charge in [0.25, 0.3) is 0 Å². The molecule has 0 aromatic carbocycles. The minimum atomic E-state index is -3.16. The minimum absolute atomic E-state index is 0.252. The van der Waals surface area contributed by atoms with Gasteiger partial charge in [0.15, 0.2) is 0 Å². The highest BCUT2D eigenvalue weighted by Crippen LogP contribution is 2.23. The molecule has 0 radical (unpaired) electrons. The van der Waals surface area contributed by atoms with E-state index in [1.807, 2.05) is 0 Å². The maximum Gasteiger partial charge on any atom is 0.217 e. The van der Waals surface area contributed by atoms with Crippen LogP contribution in [0.1, 0.15) is 43.3 Å². The zero-order valence-electron chi connectivity index (χ0n) is 14.2. The van der Waals surface area contributed by atoms with Crippen molar-refractivity contribution >= 4 is 21.4 Å². The molecule has 8 heteroatoms. The number of ether oxygens (including phenoxy) is 1. The maximum absolute atomic E-state index is 12.7. The summed E-state index contributed by atoms with van der Waals surface area (Å²) >= 11 is 1.71. The second-order valence-corrected chi connectivity index (χ2v) is 9.65. The van der Waals surface area contributed by atoms with Crippen LogP contribution in [0.15, 0.2) is 5.38 Å². The van der Waals surface area contributed by atoms with Crippen LogP contribution in [0.25, 0.3) is 0 Å². The van der Waals surface area contributed by atoms with Crippen LogP contribution in [0.4, 0.5) is 0 Å². The van der Waals surface area contributed by atoms with Crippen LogP contribution in [-0.2, 0) is 27.7 Å². The Morgan fingerprint density at radius 3 is 2.62 bits per heavy atom. The van der Waals surface area contributed by atoms with Crippen molar-refractivity contribution in [3.63, 3.8) is 0 Å². The van der Waals surface area contributed by atoms with Crippen LogP contribution >= 0.6 is 11.3 Å². The summed E-state index contributed by atoms with van der Waals surface area (Å²) < 4.78 is 32.4. The van der Waals surface area contributed by atoms with Crippen molar-refractivity contribution in [2.45, 2.75) is 56.9 Å². The monoisotopic (exact) mass is 373 g/mol. The summed E-state index contributed by atoms with van der Waals surface area (Å²) in [4.78, 5) is 4.57. The molecule has 2 fully saturated rings. The van der Waals surface area contributed by atoms with Gasteiger partial charge in [-0.05, 0) is 32.1 Å². The highest BCUT2D eigenvalue weighted by Gasteiger charge is 2.35. The van der Waals surface area contributed by atoms with Crippen molar-refractivity contribution in [1.29, 1.82) is 0 Å². The van der Waals surface area contributed by atoms with E-state index in [4.69, 9.17) is 4.74 Å². The Labute approximate surface area is 148 Å². The molecular weight excluding hydrogens is 346 g/mol. The van der Waals surface area contributed by atoms with Crippen LogP contribution < -0.4 is 5.32 Å². The normalized spacial score (nSPS) is 22.0. The molecular formula is C16H27N3O3S2. The maximum atomic E-state index is 12.7. The van der Waals surface area contributed by atoms with Crippen LogP contribution in [0.2, 0.25) is 0 Å². The van der Waals surface area contributed by atoms with Gasteiger partial charge in [0.2, 0.25) is 10.0 Å². The Bertz CT molecular complexity index is 618. The fourth-order valence-electron chi connectivity index (χ4n) is 3.34. The third kappa shape index (κ3) is 4.35. The summed E-state index contributed by atoms with van der Waals surface area (Å²) in [6.07, 6.45) is 3.97. The number of nitrogens with one attached hydrogen (secondary N) is 1. The molecule has 2 aliphatic rings. The van der Waals surface area contributed by atoms with Crippen molar-refractivity contribution in [1.82, 2.24) is 14.6 Å². The minimum Gasteiger partial charge on any atom is -0.381 e. The molecule has 1 aromatic heterocycles. The molecule has 3 rings (SSSR count). The Morgan fingerprint density at radius 2 is 2.00 bits per heavy atom. The molecule has 0 unspecified atom stereocenters. The molecule has 0 amide bonds. The van der Waals surface area contributed by atoms with Gasteiger partial charge in [-0.1, -0.05) is 6.92 Å². The van der Waals surface area contributed by atoms with E-state index in [9.17, 15) is 8.42 Å². The number of hydrogen-bond donors (Lipinski definition) is 1. The molecule has 0 aliphatic carbocycles. The van der Waals surface area contributed by atoms with Crippen LogP contribution in [0.5, 0.6) is 0 Å². The Hall–Kier alpha value is -0.540. The lowest BCUT2D eigenvalue weighted by Crippen LogP contribution is -2.48. The van der Waals surface area contributed by atoms with E-state index in [2.05, 4.69) is 22.6 Å². The first-order valence-electron chi connectivity index (χ1n) is 8.83. The molecule has 1 aromatic rings. The number of hydrogen-bond acceptors (Lipinski definition) is 6. The molecule has 136 valence electrons. The number of rotatable bonds is 6. The predicted molar refractivity (Wildman–Crippen MR) is 95.7 cm³/mol. The zero-order chi connectivity index (χ0) is 17.0. The first-order chi connectivity index (χ1) is 11.6. The molecule has 0 spiro atoms. The second kappa shape index (κ2) is 8.23. The summed E-state index contributed by atoms with van der Waals surface area (Å²) in [6, 6.07) is 0.373. The summed E-state index contributed by atoms with van der Waals surface area (Å²) in [7, 11) is -3.16. The topological polar surface area (TPSA) is 71.5 Å². The predicted octanol–water partition coefficient (Wildman–Crippen LogP) is 1.77. The smallest absolute Gasteiger partial charge is 0.217 e. The fraction of sp³-hybridized carbons (Fsp3) is 0.812. The Balaban J connectivity index is 1.46. The molecule has 2 saturated heterocycles. The fourth-order valence-corrected chi connectivity index (χ4v) is 6.01. The number of sulfonamides is 1. The number of thiazole rings is 1. The molecule has 1 N–H and O–H groups in total. The third-order valence-corrected chi connectivity index (χ3v) is 8.32. The van der Waals surface area contributed by atoms with Gasteiger partial charge in [0, 0.05) is 44.3 Å². The molecule has 3 heterocycles. The van der Waals surface area contributed by atoms with Crippen LogP contribution in [0, 0.1) is 0 Å². The lowest BCUT2D eigenvalue weighted by molar-refractivity contribution is 0.0968. The van der Waals surface area contributed by atoms with E-state index in [0.717, 1.165) is 31.5 Å². The van der Waals surface area contributed by atoms with Gasteiger partial charge in [-0.3, -0.25) is 0 Å². The third-order valence-electron chi connectivity index (χ3n) is 4.88. The van der Waals surface area contributed by atoms with Gasteiger partial charge < -0.3 is 10.1 Å². The molecule has 0 saturated carbocycles. The van der Waals surface area contributed by atoms with E-state index in [1.54, 1.807) is 15.6 Å². The van der Waals surface area contributed by atoms with Gasteiger partial charge in [-0.25, -0.2) is 17.7 Å². The van der Waals surface area contributed by atoms with E-state index < -0.39 is 10.0 Å². The average Bonchev–Trinajstić information content (AvgIpc) is 3.09. The standard InChI is InChI=1S/C16H27N3O3S2/c1-2-16-18-14(12-23-16)11-17-13-3-7-19(8-4-13)24(20,21)15-5-9-22-10-6-15/h12-13,15,17H,2-11H2,1H3. The lowest BCUT2D eigenvalue weighted by atomic mass is 10.1. The molecule has 6 nitrogen and oxygen atoms in total. The first-order valence-corrected chi connectivity index (χ1v) is 11.2. The summed E-state index contributed by atoms with van der Waals surface area (Å²) in [5.41, 5.74) is 1.09.